The molecule has 0 spiro atoms. The monoisotopic (exact) mass is 508 g/mol. The van der Waals surface area contributed by atoms with E-state index in [0.717, 1.165) is 19.3 Å². The van der Waals surface area contributed by atoms with Crippen LogP contribution in [0.1, 0.15) is 66.2 Å². The summed E-state index contributed by atoms with van der Waals surface area (Å²) in [5.41, 5.74) is 0. The van der Waals surface area contributed by atoms with Gasteiger partial charge in [0.2, 0.25) is 0 Å². The van der Waals surface area contributed by atoms with Gasteiger partial charge in [0.15, 0.2) is 8.32 Å². The zero-order chi connectivity index (χ0) is 22.5. The summed E-state index contributed by atoms with van der Waals surface area (Å²) < 4.78 is 7.43. The summed E-state index contributed by atoms with van der Waals surface area (Å²) in [5, 5.41) is 10.9. The molecule has 0 aromatic carbocycles. The number of rotatable bonds is 10. The van der Waals surface area contributed by atoms with Gasteiger partial charge in [-0.05, 0) is 86.6 Å². The molecule has 0 amide bonds. The summed E-state index contributed by atoms with van der Waals surface area (Å²) >= 11 is 8.42. The Hall–Kier alpha value is 1.28. The van der Waals surface area contributed by atoms with E-state index in [2.05, 4.69) is 94.4 Å². The van der Waals surface area contributed by atoms with Gasteiger partial charge in [-0.3, -0.25) is 0 Å². The third-order valence-corrected chi connectivity index (χ3v) is 17.7. The first kappa shape index (κ1) is 27.5. The first-order chi connectivity index (χ1) is 13.9. The molecule has 176 valence electrons. The van der Waals surface area contributed by atoms with Gasteiger partial charge in [-0.15, -0.1) is 53.6 Å². The Balaban J connectivity index is 2.24. The molecule has 2 rings (SSSR count). The van der Waals surface area contributed by atoms with Crippen molar-refractivity contribution in [2.75, 3.05) is 23.0 Å². The third-order valence-electron chi connectivity index (χ3n) is 6.51. The zero-order valence-electron chi connectivity index (χ0n) is 20.0. The van der Waals surface area contributed by atoms with Gasteiger partial charge in [0, 0.05) is 6.10 Å². The van der Waals surface area contributed by atoms with Crippen molar-refractivity contribution in [1.82, 2.24) is 0 Å². The fourth-order valence-corrected chi connectivity index (χ4v) is 11.9. The van der Waals surface area contributed by atoms with E-state index in [-0.39, 0.29) is 25.4 Å². The standard InChI is InChI=1S/C23H44O2S4Si/c1-8-11-19(24)16-23(28-14-10-15-29-23)18-20(25-30(6,7)21(2,3)4)17-22(5)26-12-9-13-27-22/h8,19-20,24H,1,9-18H2,2-7H3/t19-,20+/m1/s1. The lowest BCUT2D eigenvalue weighted by Crippen LogP contribution is -2.47. The Morgan fingerprint density at radius 1 is 1.00 bits per heavy atom. The van der Waals surface area contributed by atoms with Crippen molar-refractivity contribution in [2.24, 2.45) is 0 Å². The van der Waals surface area contributed by atoms with Crippen LogP contribution >= 0.6 is 47.0 Å². The fraction of sp³-hybridized carbons (Fsp3) is 0.913. The van der Waals surface area contributed by atoms with Gasteiger partial charge in [-0.25, -0.2) is 0 Å². The molecule has 0 radical (unpaired) electrons. The Morgan fingerprint density at radius 2 is 1.53 bits per heavy atom. The minimum Gasteiger partial charge on any atom is -0.414 e. The summed E-state index contributed by atoms with van der Waals surface area (Å²) in [6.07, 6.45) is 8.06. The highest BCUT2D eigenvalue weighted by Gasteiger charge is 2.45. The van der Waals surface area contributed by atoms with E-state index >= 15 is 0 Å². The molecule has 0 aromatic rings. The molecule has 2 atom stereocenters. The number of hydrogen-bond donors (Lipinski definition) is 1. The molecule has 0 bridgehead atoms. The van der Waals surface area contributed by atoms with Crippen molar-refractivity contribution < 1.29 is 9.53 Å². The van der Waals surface area contributed by atoms with E-state index < -0.39 is 8.32 Å². The topological polar surface area (TPSA) is 29.5 Å². The largest absolute Gasteiger partial charge is 0.414 e. The zero-order valence-corrected chi connectivity index (χ0v) is 24.3. The van der Waals surface area contributed by atoms with Crippen LogP contribution in [0.5, 0.6) is 0 Å². The number of aliphatic hydroxyl groups is 1. The normalized spacial score (nSPS) is 24.2. The summed E-state index contributed by atoms with van der Waals surface area (Å²) in [6, 6.07) is 0. The van der Waals surface area contributed by atoms with Crippen molar-refractivity contribution in [3.8, 4) is 0 Å². The van der Waals surface area contributed by atoms with Crippen molar-refractivity contribution in [2.45, 2.75) is 105 Å². The van der Waals surface area contributed by atoms with Gasteiger partial charge in [0.1, 0.15) is 0 Å². The van der Waals surface area contributed by atoms with Gasteiger partial charge >= 0.3 is 0 Å². The second kappa shape index (κ2) is 11.6. The first-order valence-corrected chi connectivity index (χ1v) is 18.3. The Kier molecular flexibility index (Phi) is 10.7. The SMILES string of the molecule is C=CC[C@@H](O)CC1(C[C@H](CC2(C)SCCCS2)O[Si](C)(C)C(C)(C)C)SCCCS1. The minimum atomic E-state index is -1.87. The highest BCUT2D eigenvalue weighted by Crippen LogP contribution is 2.53. The maximum atomic E-state index is 10.7. The molecule has 2 aliphatic heterocycles. The van der Waals surface area contributed by atoms with Crippen LogP contribution in [0.15, 0.2) is 12.7 Å². The van der Waals surface area contributed by atoms with Gasteiger partial charge < -0.3 is 9.53 Å². The minimum absolute atomic E-state index is 0.0636. The van der Waals surface area contributed by atoms with E-state index in [1.54, 1.807) is 0 Å². The molecule has 30 heavy (non-hydrogen) atoms. The molecule has 2 aliphatic rings. The van der Waals surface area contributed by atoms with E-state index in [4.69, 9.17) is 4.43 Å². The quantitative estimate of drug-likeness (QED) is 0.241. The van der Waals surface area contributed by atoms with Crippen molar-refractivity contribution in [1.29, 1.82) is 0 Å². The van der Waals surface area contributed by atoms with Gasteiger partial charge in [0.05, 0.1) is 14.3 Å². The molecular formula is C23H44O2S4Si. The lowest BCUT2D eigenvalue weighted by atomic mass is 10.0. The highest BCUT2D eigenvalue weighted by molar-refractivity contribution is 8.19. The average molecular weight is 509 g/mol. The summed E-state index contributed by atoms with van der Waals surface area (Å²) in [7, 11) is -1.87. The van der Waals surface area contributed by atoms with Crippen LogP contribution in [0.2, 0.25) is 18.1 Å². The van der Waals surface area contributed by atoms with E-state index in [1.165, 1.54) is 35.9 Å². The molecule has 0 aliphatic carbocycles. The molecule has 0 saturated carbocycles. The Labute approximate surface area is 204 Å². The predicted molar refractivity (Wildman–Crippen MR) is 147 cm³/mol. The number of aliphatic hydroxyl groups excluding tert-OH is 1. The maximum absolute atomic E-state index is 10.7. The van der Waals surface area contributed by atoms with Crippen LogP contribution in [-0.2, 0) is 4.43 Å². The Bertz CT molecular complexity index is 538. The third kappa shape index (κ3) is 8.25. The molecule has 2 nitrogen and oxygen atoms in total. The summed E-state index contributed by atoms with van der Waals surface area (Å²) in [5.74, 6) is 4.93. The van der Waals surface area contributed by atoms with Crippen molar-refractivity contribution in [3.63, 3.8) is 0 Å². The van der Waals surface area contributed by atoms with Crippen molar-refractivity contribution in [3.05, 3.63) is 12.7 Å². The van der Waals surface area contributed by atoms with Gasteiger partial charge in [0.25, 0.3) is 0 Å². The summed E-state index contributed by atoms with van der Waals surface area (Å²) in [6.45, 7) is 18.1. The first-order valence-electron chi connectivity index (χ1n) is 11.4. The second-order valence-electron chi connectivity index (χ2n) is 10.4. The molecular weight excluding hydrogens is 465 g/mol. The lowest BCUT2D eigenvalue weighted by Gasteiger charge is -2.46. The van der Waals surface area contributed by atoms with Crippen molar-refractivity contribution >= 4 is 55.4 Å². The van der Waals surface area contributed by atoms with Crippen LogP contribution in [-0.4, -0.2) is 56.8 Å². The summed E-state index contributed by atoms with van der Waals surface area (Å²) in [4.78, 5) is 0. The van der Waals surface area contributed by atoms with E-state index in [0.29, 0.717) is 6.42 Å². The highest BCUT2D eigenvalue weighted by atomic mass is 32.2. The van der Waals surface area contributed by atoms with Crippen LogP contribution in [0, 0.1) is 0 Å². The predicted octanol–water partition coefficient (Wildman–Crippen LogP) is 7.64. The fourth-order valence-electron chi connectivity index (χ4n) is 3.87. The molecule has 0 unspecified atom stereocenters. The molecule has 2 heterocycles. The van der Waals surface area contributed by atoms with Gasteiger partial charge in [-0.2, -0.15) is 0 Å². The second-order valence-corrected chi connectivity index (χ2v) is 21.9. The number of hydrogen-bond acceptors (Lipinski definition) is 6. The lowest BCUT2D eigenvalue weighted by molar-refractivity contribution is 0.131. The smallest absolute Gasteiger partial charge is 0.192 e. The van der Waals surface area contributed by atoms with Gasteiger partial charge in [-0.1, -0.05) is 26.8 Å². The molecule has 7 heteroatoms. The average Bonchev–Trinajstić information content (AvgIpc) is 2.61. The van der Waals surface area contributed by atoms with E-state index in [1.807, 2.05) is 6.08 Å². The van der Waals surface area contributed by atoms with Crippen LogP contribution < -0.4 is 0 Å². The number of thioether (sulfide) groups is 4. The molecule has 0 aromatic heterocycles. The molecule has 1 N–H and O–H groups in total. The van der Waals surface area contributed by atoms with Crippen LogP contribution in [0.3, 0.4) is 0 Å². The van der Waals surface area contributed by atoms with Crippen LogP contribution in [0.25, 0.3) is 0 Å². The van der Waals surface area contributed by atoms with E-state index in [9.17, 15) is 5.11 Å². The Morgan fingerprint density at radius 3 is 2.03 bits per heavy atom. The molecule has 2 saturated heterocycles. The molecule has 2 fully saturated rings. The van der Waals surface area contributed by atoms with Crippen LogP contribution in [0.4, 0.5) is 0 Å². The maximum Gasteiger partial charge on any atom is 0.192 e.